The van der Waals surface area contributed by atoms with Crippen molar-refractivity contribution in [2.45, 2.75) is 77.7 Å². The molecule has 0 aromatic carbocycles. The Morgan fingerprint density at radius 1 is 1.12 bits per heavy atom. The number of rotatable bonds is 6. The Kier molecular flexibility index (Phi) is 5.34. The van der Waals surface area contributed by atoms with Crippen LogP contribution in [0.4, 0.5) is 0 Å². The monoisotopic (exact) mass is 237 g/mol. The van der Waals surface area contributed by atoms with E-state index >= 15 is 0 Å². The molecule has 3 unspecified atom stereocenters. The zero-order chi connectivity index (χ0) is 12.1. The van der Waals surface area contributed by atoms with Crippen LogP contribution in [0.5, 0.6) is 0 Å². The molecule has 0 saturated heterocycles. The summed E-state index contributed by atoms with van der Waals surface area (Å²) in [5.74, 6) is 3.01. The van der Waals surface area contributed by atoms with E-state index in [1.807, 2.05) is 0 Å². The Labute approximate surface area is 108 Å². The van der Waals surface area contributed by atoms with Crippen molar-refractivity contribution >= 4 is 0 Å². The smallest absolute Gasteiger partial charge is 0.00980 e. The van der Waals surface area contributed by atoms with Gasteiger partial charge in [-0.2, -0.15) is 0 Å². The highest BCUT2D eigenvalue weighted by Crippen LogP contribution is 2.37. The molecule has 2 fully saturated rings. The minimum absolute atomic E-state index is 0.836. The first kappa shape index (κ1) is 13.4. The topological polar surface area (TPSA) is 12.0 Å². The normalized spacial score (nSPS) is 32.1. The van der Waals surface area contributed by atoms with Gasteiger partial charge in [-0.05, 0) is 50.0 Å². The lowest BCUT2D eigenvalue weighted by atomic mass is 9.88. The van der Waals surface area contributed by atoms with Crippen LogP contribution in [0.2, 0.25) is 0 Å². The van der Waals surface area contributed by atoms with Gasteiger partial charge in [0, 0.05) is 6.04 Å². The summed E-state index contributed by atoms with van der Waals surface area (Å²) < 4.78 is 0. The van der Waals surface area contributed by atoms with E-state index in [1.165, 1.54) is 64.3 Å². The lowest BCUT2D eigenvalue weighted by Gasteiger charge is -2.27. The molecule has 0 heterocycles. The maximum atomic E-state index is 3.86. The summed E-state index contributed by atoms with van der Waals surface area (Å²) in [6, 6.07) is 0.836. The number of hydrogen-bond donors (Lipinski definition) is 1. The van der Waals surface area contributed by atoms with Crippen molar-refractivity contribution in [2.75, 3.05) is 6.54 Å². The largest absolute Gasteiger partial charge is 0.314 e. The van der Waals surface area contributed by atoms with Gasteiger partial charge in [-0.1, -0.05) is 46.0 Å². The van der Waals surface area contributed by atoms with E-state index in [1.54, 1.807) is 0 Å². The Bertz CT molecular complexity index is 208. The van der Waals surface area contributed by atoms with Crippen molar-refractivity contribution in [3.8, 4) is 0 Å². The van der Waals surface area contributed by atoms with Crippen LogP contribution in [0.3, 0.4) is 0 Å². The second-order valence-corrected chi connectivity index (χ2v) is 6.63. The molecular weight excluding hydrogens is 206 g/mol. The molecule has 0 amide bonds. The summed E-state index contributed by atoms with van der Waals surface area (Å²) in [6.07, 6.45) is 13.2. The molecule has 3 atom stereocenters. The highest BCUT2D eigenvalue weighted by atomic mass is 14.9. The summed E-state index contributed by atoms with van der Waals surface area (Å²) in [5, 5.41) is 3.86. The zero-order valence-electron chi connectivity index (χ0n) is 11.9. The third-order valence-electron chi connectivity index (χ3n) is 5.02. The minimum atomic E-state index is 0.836. The fourth-order valence-corrected chi connectivity index (χ4v) is 3.99. The van der Waals surface area contributed by atoms with Gasteiger partial charge < -0.3 is 5.32 Å². The van der Waals surface area contributed by atoms with Crippen LogP contribution >= 0.6 is 0 Å². The maximum absolute atomic E-state index is 3.86. The minimum Gasteiger partial charge on any atom is -0.314 e. The molecule has 2 aliphatic rings. The van der Waals surface area contributed by atoms with Gasteiger partial charge in [0.15, 0.2) is 0 Å². The first-order valence-electron chi connectivity index (χ1n) is 8.03. The highest BCUT2D eigenvalue weighted by Gasteiger charge is 2.30. The van der Waals surface area contributed by atoms with Crippen molar-refractivity contribution < 1.29 is 0 Å². The Balaban J connectivity index is 1.83. The van der Waals surface area contributed by atoms with Gasteiger partial charge in [-0.15, -0.1) is 0 Å². The van der Waals surface area contributed by atoms with E-state index in [0.29, 0.717) is 0 Å². The van der Waals surface area contributed by atoms with Gasteiger partial charge in [0.2, 0.25) is 0 Å². The predicted octanol–water partition coefficient (Wildman–Crippen LogP) is 4.37. The zero-order valence-corrected chi connectivity index (χ0v) is 11.9. The van der Waals surface area contributed by atoms with Crippen LogP contribution in [0, 0.1) is 17.8 Å². The lowest BCUT2D eigenvalue weighted by molar-refractivity contribution is 0.290. The molecule has 17 heavy (non-hydrogen) atoms. The Morgan fingerprint density at radius 2 is 1.88 bits per heavy atom. The van der Waals surface area contributed by atoms with Crippen molar-refractivity contribution in [3.05, 3.63) is 0 Å². The average Bonchev–Trinajstić information content (AvgIpc) is 2.95. The van der Waals surface area contributed by atoms with Gasteiger partial charge in [-0.25, -0.2) is 0 Å². The van der Waals surface area contributed by atoms with Crippen LogP contribution in [-0.4, -0.2) is 12.6 Å². The fourth-order valence-electron chi connectivity index (χ4n) is 3.99. The summed E-state index contributed by atoms with van der Waals surface area (Å²) >= 11 is 0. The highest BCUT2D eigenvalue weighted by molar-refractivity contribution is 4.86. The van der Waals surface area contributed by atoms with E-state index in [2.05, 4.69) is 19.2 Å². The van der Waals surface area contributed by atoms with Crippen LogP contribution in [-0.2, 0) is 0 Å². The molecule has 0 radical (unpaired) electrons. The molecule has 0 spiro atoms. The third kappa shape index (κ3) is 3.98. The Morgan fingerprint density at radius 3 is 2.47 bits per heavy atom. The molecule has 0 aromatic rings. The molecule has 0 aromatic heterocycles. The van der Waals surface area contributed by atoms with E-state index in [-0.39, 0.29) is 0 Å². The molecule has 2 rings (SSSR count). The van der Waals surface area contributed by atoms with Crippen LogP contribution in [0.15, 0.2) is 0 Å². The van der Waals surface area contributed by atoms with Crippen molar-refractivity contribution in [1.82, 2.24) is 5.32 Å². The predicted molar refractivity (Wildman–Crippen MR) is 75.2 cm³/mol. The summed E-state index contributed by atoms with van der Waals surface area (Å²) in [6.45, 7) is 5.95. The first-order chi connectivity index (χ1) is 8.29. The maximum Gasteiger partial charge on any atom is 0.00980 e. The first-order valence-corrected chi connectivity index (χ1v) is 8.03. The van der Waals surface area contributed by atoms with Gasteiger partial charge in [0.05, 0.1) is 0 Å². The van der Waals surface area contributed by atoms with E-state index in [0.717, 1.165) is 23.8 Å². The van der Waals surface area contributed by atoms with E-state index < -0.39 is 0 Å². The standard InChI is InChI=1S/C16H31N/c1-3-10-17-16(12-14-6-4-5-7-14)15-9-8-13(2)11-15/h13-17H,3-12H2,1-2H3. The molecule has 0 bridgehead atoms. The molecular formula is C16H31N. The van der Waals surface area contributed by atoms with Gasteiger partial charge >= 0.3 is 0 Å². The number of hydrogen-bond acceptors (Lipinski definition) is 1. The molecule has 2 saturated carbocycles. The quantitative estimate of drug-likeness (QED) is 0.723. The summed E-state index contributed by atoms with van der Waals surface area (Å²) in [4.78, 5) is 0. The summed E-state index contributed by atoms with van der Waals surface area (Å²) in [7, 11) is 0. The average molecular weight is 237 g/mol. The molecule has 1 nitrogen and oxygen atoms in total. The van der Waals surface area contributed by atoms with Crippen molar-refractivity contribution in [3.63, 3.8) is 0 Å². The van der Waals surface area contributed by atoms with Crippen molar-refractivity contribution in [1.29, 1.82) is 0 Å². The van der Waals surface area contributed by atoms with Crippen LogP contribution < -0.4 is 5.32 Å². The summed E-state index contributed by atoms with van der Waals surface area (Å²) in [5.41, 5.74) is 0. The molecule has 2 aliphatic carbocycles. The van der Waals surface area contributed by atoms with Gasteiger partial charge in [0.25, 0.3) is 0 Å². The van der Waals surface area contributed by atoms with Crippen LogP contribution in [0.25, 0.3) is 0 Å². The number of nitrogens with one attached hydrogen (secondary N) is 1. The van der Waals surface area contributed by atoms with Crippen LogP contribution in [0.1, 0.15) is 71.6 Å². The fraction of sp³-hybridized carbons (Fsp3) is 1.00. The van der Waals surface area contributed by atoms with Gasteiger partial charge in [-0.3, -0.25) is 0 Å². The molecule has 0 aliphatic heterocycles. The Hall–Kier alpha value is -0.0400. The second-order valence-electron chi connectivity index (χ2n) is 6.63. The van der Waals surface area contributed by atoms with Gasteiger partial charge in [0.1, 0.15) is 0 Å². The molecule has 100 valence electrons. The molecule has 1 heteroatoms. The third-order valence-corrected chi connectivity index (χ3v) is 5.02. The second kappa shape index (κ2) is 6.78. The SMILES string of the molecule is CCCNC(CC1CCCC1)C1CCC(C)C1. The van der Waals surface area contributed by atoms with E-state index in [9.17, 15) is 0 Å². The lowest BCUT2D eigenvalue weighted by Crippen LogP contribution is -2.37. The molecule has 1 N–H and O–H groups in total. The van der Waals surface area contributed by atoms with Crippen molar-refractivity contribution in [2.24, 2.45) is 17.8 Å². The van der Waals surface area contributed by atoms with E-state index in [4.69, 9.17) is 0 Å².